The highest BCUT2D eigenvalue weighted by Crippen LogP contribution is 2.40. The van der Waals surface area contributed by atoms with Crippen molar-refractivity contribution in [3.63, 3.8) is 0 Å². The van der Waals surface area contributed by atoms with Gasteiger partial charge in [-0.15, -0.1) is 0 Å². The van der Waals surface area contributed by atoms with Crippen molar-refractivity contribution in [2.75, 3.05) is 19.9 Å². The number of rotatable bonds is 1. The van der Waals surface area contributed by atoms with Gasteiger partial charge in [-0.3, -0.25) is 0 Å². The Morgan fingerprint density at radius 3 is 2.68 bits per heavy atom. The third-order valence-electron chi connectivity index (χ3n) is 4.20. The highest BCUT2D eigenvalue weighted by molar-refractivity contribution is 5.75. The third kappa shape index (κ3) is 2.85. The second-order valence-electron chi connectivity index (χ2n) is 7.24. The molecule has 2 aliphatic rings. The van der Waals surface area contributed by atoms with Crippen molar-refractivity contribution in [1.29, 1.82) is 0 Å². The Morgan fingerprint density at radius 1 is 1.32 bits per heavy atom. The number of fused-ring (bicyclic) bond motifs is 2. The van der Waals surface area contributed by atoms with E-state index < -0.39 is 0 Å². The summed E-state index contributed by atoms with van der Waals surface area (Å²) in [6.07, 6.45) is 0.846. The van der Waals surface area contributed by atoms with Crippen molar-refractivity contribution in [3.05, 3.63) is 23.3 Å². The average molecular weight is 304 g/mol. The number of nitrogens with one attached hydrogen (secondary N) is 1. The van der Waals surface area contributed by atoms with Gasteiger partial charge in [-0.25, -0.2) is 4.79 Å². The number of urea groups is 1. The first kappa shape index (κ1) is 15.0. The normalized spacial score (nSPS) is 19.8. The van der Waals surface area contributed by atoms with E-state index in [1.807, 2.05) is 11.0 Å². The van der Waals surface area contributed by atoms with Gasteiger partial charge in [0.2, 0.25) is 6.79 Å². The molecule has 120 valence electrons. The van der Waals surface area contributed by atoms with E-state index in [0.29, 0.717) is 6.54 Å². The van der Waals surface area contributed by atoms with E-state index in [9.17, 15) is 4.79 Å². The maximum Gasteiger partial charge on any atom is 0.317 e. The van der Waals surface area contributed by atoms with E-state index in [1.54, 1.807) is 0 Å². The van der Waals surface area contributed by atoms with Gasteiger partial charge >= 0.3 is 6.03 Å². The summed E-state index contributed by atoms with van der Waals surface area (Å²) in [5.41, 5.74) is 2.48. The molecule has 0 saturated heterocycles. The van der Waals surface area contributed by atoms with Gasteiger partial charge in [0.05, 0.1) is 6.04 Å². The lowest BCUT2D eigenvalue weighted by atomic mass is 9.93. The Balaban J connectivity index is 1.76. The van der Waals surface area contributed by atoms with E-state index in [2.05, 4.69) is 39.1 Å². The molecular weight excluding hydrogens is 280 g/mol. The molecule has 0 saturated carbocycles. The summed E-state index contributed by atoms with van der Waals surface area (Å²) in [7, 11) is 0. The van der Waals surface area contributed by atoms with E-state index in [4.69, 9.17) is 9.47 Å². The minimum Gasteiger partial charge on any atom is -0.454 e. The SMILES string of the molecule is CC1c2cc3c(cc2CCN1C(=O)NCC(C)(C)C)OCO3. The van der Waals surface area contributed by atoms with Gasteiger partial charge in [-0.1, -0.05) is 20.8 Å². The predicted molar refractivity (Wildman–Crippen MR) is 84.2 cm³/mol. The molecule has 1 N–H and O–H groups in total. The Bertz CT molecular complexity index is 592. The zero-order valence-corrected chi connectivity index (χ0v) is 13.7. The number of ether oxygens (including phenoxy) is 2. The first-order valence-corrected chi connectivity index (χ1v) is 7.82. The molecule has 0 aromatic heterocycles. The van der Waals surface area contributed by atoms with Gasteiger partial charge < -0.3 is 19.7 Å². The highest BCUT2D eigenvalue weighted by atomic mass is 16.7. The fourth-order valence-corrected chi connectivity index (χ4v) is 2.93. The molecule has 5 nitrogen and oxygen atoms in total. The van der Waals surface area contributed by atoms with Crippen LogP contribution in [0.4, 0.5) is 4.79 Å². The maximum absolute atomic E-state index is 12.5. The lowest BCUT2D eigenvalue weighted by Crippen LogP contribution is -2.46. The van der Waals surface area contributed by atoms with Crippen molar-refractivity contribution in [3.8, 4) is 11.5 Å². The molecule has 22 heavy (non-hydrogen) atoms. The molecule has 1 unspecified atom stereocenters. The number of carbonyl (C=O) groups excluding carboxylic acids is 1. The van der Waals surface area contributed by atoms with Crippen LogP contribution in [0.3, 0.4) is 0 Å². The van der Waals surface area contributed by atoms with Crippen LogP contribution in [-0.2, 0) is 6.42 Å². The average Bonchev–Trinajstić information content (AvgIpc) is 2.90. The molecule has 0 bridgehead atoms. The molecule has 1 aromatic rings. The molecule has 0 fully saturated rings. The van der Waals surface area contributed by atoms with Crippen LogP contribution in [0, 0.1) is 5.41 Å². The van der Waals surface area contributed by atoms with E-state index in [1.165, 1.54) is 5.56 Å². The number of carbonyl (C=O) groups is 1. The molecule has 2 amide bonds. The van der Waals surface area contributed by atoms with E-state index in [-0.39, 0.29) is 24.3 Å². The van der Waals surface area contributed by atoms with Gasteiger partial charge in [-0.2, -0.15) is 0 Å². The van der Waals surface area contributed by atoms with Crippen LogP contribution < -0.4 is 14.8 Å². The van der Waals surface area contributed by atoms with Crippen molar-refractivity contribution in [2.45, 2.75) is 40.2 Å². The van der Waals surface area contributed by atoms with E-state index in [0.717, 1.165) is 30.0 Å². The minimum atomic E-state index is 0.00532. The number of hydrogen-bond donors (Lipinski definition) is 1. The number of hydrogen-bond acceptors (Lipinski definition) is 3. The fraction of sp³-hybridized carbons (Fsp3) is 0.588. The molecule has 2 aliphatic heterocycles. The molecule has 3 rings (SSSR count). The Labute approximate surface area is 131 Å². The van der Waals surface area contributed by atoms with Crippen LogP contribution in [0.15, 0.2) is 12.1 Å². The molecular formula is C17H24N2O3. The summed E-state index contributed by atoms with van der Waals surface area (Å²) in [6.45, 7) is 10.1. The summed E-state index contributed by atoms with van der Waals surface area (Å²) in [4.78, 5) is 14.4. The van der Waals surface area contributed by atoms with Crippen LogP contribution in [-0.4, -0.2) is 30.8 Å². The molecule has 1 aromatic carbocycles. The van der Waals surface area contributed by atoms with Gasteiger partial charge in [0.25, 0.3) is 0 Å². The smallest absolute Gasteiger partial charge is 0.317 e. The lowest BCUT2D eigenvalue weighted by Gasteiger charge is -2.36. The van der Waals surface area contributed by atoms with Crippen LogP contribution in [0.2, 0.25) is 0 Å². The standard InChI is InChI=1S/C17H24N2O3/c1-11-13-8-15-14(21-10-22-15)7-12(13)5-6-19(11)16(20)18-9-17(2,3)4/h7-8,11H,5-6,9-10H2,1-4H3,(H,18,20). The topological polar surface area (TPSA) is 50.8 Å². The zero-order chi connectivity index (χ0) is 15.9. The molecule has 2 heterocycles. The summed E-state index contributed by atoms with van der Waals surface area (Å²) in [6, 6.07) is 4.12. The van der Waals surface area contributed by atoms with Crippen LogP contribution in [0.25, 0.3) is 0 Å². The number of benzene rings is 1. The molecule has 5 heteroatoms. The van der Waals surface area contributed by atoms with Crippen LogP contribution >= 0.6 is 0 Å². The van der Waals surface area contributed by atoms with Gasteiger partial charge in [0.15, 0.2) is 11.5 Å². The summed E-state index contributed by atoms with van der Waals surface area (Å²) >= 11 is 0. The monoisotopic (exact) mass is 304 g/mol. The summed E-state index contributed by atoms with van der Waals surface area (Å²) in [5.74, 6) is 1.60. The summed E-state index contributed by atoms with van der Waals surface area (Å²) < 4.78 is 10.9. The van der Waals surface area contributed by atoms with Gasteiger partial charge in [-0.05, 0) is 42.0 Å². The predicted octanol–water partition coefficient (Wildman–Crippen LogP) is 3.09. The molecule has 0 spiro atoms. The first-order chi connectivity index (χ1) is 10.3. The van der Waals surface area contributed by atoms with Gasteiger partial charge in [0, 0.05) is 13.1 Å². The Kier molecular flexibility index (Phi) is 3.67. The molecule has 1 atom stereocenters. The Morgan fingerprint density at radius 2 is 2.00 bits per heavy atom. The van der Waals surface area contributed by atoms with Crippen molar-refractivity contribution in [1.82, 2.24) is 10.2 Å². The molecule has 0 aliphatic carbocycles. The number of amides is 2. The molecule has 0 radical (unpaired) electrons. The third-order valence-corrected chi connectivity index (χ3v) is 4.20. The van der Waals surface area contributed by atoms with Crippen molar-refractivity contribution < 1.29 is 14.3 Å². The zero-order valence-electron chi connectivity index (χ0n) is 13.7. The first-order valence-electron chi connectivity index (χ1n) is 7.82. The summed E-state index contributed by atoms with van der Waals surface area (Å²) in [5, 5.41) is 3.04. The quantitative estimate of drug-likeness (QED) is 0.867. The van der Waals surface area contributed by atoms with Crippen LogP contribution in [0.1, 0.15) is 44.9 Å². The minimum absolute atomic E-state index is 0.00532. The Hall–Kier alpha value is -1.91. The second-order valence-corrected chi connectivity index (χ2v) is 7.24. The maximum atomic E-state index is 12.5. The fourth-order valence-electron chi connectivity index (χ4n) is 2.93. The largest absolute Gasteiger partial charge is 0.454 e. The lowest BCUT2D eigenvalue weighted by molar-refractivity contribution is 0.170. The number of nitrogens with zero attached hydrogens (tertiary/aromatic N) is 1. The van der Waals surface area contributed by atoms with Crippen molar-refractivity contribution >= 4 is 6.03 Å². The van der Waals surface area contributed by atoms with E-state index >= 15 is 0 Å². The van der Waals surface area contributed by atoms with Gasteiger partial charge in [0.1, 0.15) is 0 Å². The second kappa shape index (κ2) is 5.38. The van der Waals surface area contributed by atoms with Crippen LogP contribution in [0.5, 0.6) is 11.5 Å². The van der Waals surface area contributed by atoms with Crippen molar-refractivity contribution in [2.24, 2.45) is 5.41 Å². The highest BCUT2D eigenvalue weighted by Gasteiger charge is 2.30.